The molecule has 2 aromatic carbocycles. The molecule has 1 amide bonds. The second-order valence-corrected chi connectivity index (χ2v) is 7.26. The van der Waals surface area contributed by atoms with Crippen molar-refractivity contribution in [2.45, 2.75) is 26.8 Å². The fourth-order valence-electron chi connectivity index (χ4n) is 2.72. The number of methoxy groups -OCH3 is 2. The van der Waals surface area contributed by atoms with Crippen molar-refractivity contribution < 1.29 is 28.5 Å². The molecule has 0 aliphatic carbocycles. The van der Waals surface area contributed by atoms with Crippen molar-refractivity contribution in [2.75, 3.05) is 32.8 Å². The van der Waals surface area contributed by atoms with Gasteiger partial charge in [0, 0.05) is 12.1 Å². The molecule has 0 spiro atoms. The zero-order valence-electron chi connectivity index (χ0n) is 18.9. The number of nitrogens with zero attached hydrogens (tertiary/aromatic N) is 2. The Kier molecular flexibility index (Phi) is 9.74. The summed E-state index contributed by atoms with van der Waals surface area (Å²) in [5.41, 5.74) is 0.434. The van der Waals surface area contributed by atoms with Crippen LogP contribution in [0.25, 0.3) is 0 Å². The number of ketones is 1. The number of hydrogen-bond acceptors (Lipinski definition) is 8. The third-order valence-electron chi connectivity index (χ3n) is 4.27. The summed E-state index contributed by atoms with van der Waals surface area (Å²) in [6, 6.07) is 4.79. The number of rotatable bonds is 11. The normalized spacial score (nSPS) is 11.7. The van der Waals surface area contributed by atoms with E-state index in [1.54, 1.807) is 25.1 Å². The molecule has 1 unspecified atom stereocenters. The average molecular weight is 498 g/mol. The third kappa shape index (κ3) is 6.49. The Morgan fingerprint density at radius 1 is 1.00 bits per heavy atom. The Bertz CT molecular complexity index is 1050. The minimum Gasteiger partial charge on any atom is -0.497 e. The minimum atomic E-state index is -1.45. The van der Waals surface area contributed by atoms with E-state index in [2.05, 4.69) is 15.5 Å². The van der Waals surface area contributed by atoms with Crippen molar-refractivity contribution in [3.8, 4) is 23.0 Å². The number of carbonyl (C=O) groups excluding carboxylic acids is 2. The largest absolute Gasteiger partial charge is 0.497 e. The Labute approximate surface area is 202 Å². The van der Waals surface area contributed by atoms with Crippen LogP contribution in [0, 0.1) is 0 Å². The highest BCUT2D eigenvalue weighted by atomic mass is 35.5. The summed E-state index contributed by atoms with van der Waals surface area (Å²) in [7, 11) is 2.88. The van der Waals surface area contributed by atoms with Crippen LogP contribution in [0.5, 0.6) is 23.0 Å². The van der Waals surface area contributed by atoms with Gasteiger partial charge in [-0.1, -0.05) is 23.2 Å². The van der Waals surface area contributed by atoms with Crippen LogP contribution in [0.2, 0.25) is 10.0 Å². The topological polar surface area (TPSA) is 108 Å². The summed E-state index contributed by atoms with van der Waals surface area (Å²) >= 11 is 12.6. The number of benzene rings is 2. The highest BCUT2D eigenvalue weighted by Gasteiger charge is 2.25. The lowest BCUT2D eigenvalue weighted by atomic mass is 10.2. The lowest BCUT2D eigenvalue weighted by molar-refractivity contribution is -0.126. The second-order valence-electron chi connectivity index (χ2n) is 6.50. The van der Waals surface area contributed by atoms with Gasteiger partial charge in [-0.15, -0.1) is 0 Å². The summed E-state index contributed by atoms with van der Waals surface area (Å²) in [6.45, 7) is 5.56. The van der Waals surface area contributed by atoms with Crippen molar-refractivity contribution in [1.82, 2.24) is 0 Å². The predicted octanol–water partition coefficient (Wildman–Crippen LogP) is 5.49. The van der Waals surface area contributed by atoms with Crippen molar-refractivity contribution >= 4 is 46.3 Å². The van der Waals surface area contributed by atoms with Crippen LogP contribution in [-0.2, 0) is 9.59 Å². The molecule has 0 saturated heterocycles. The summed E-state index contributed by atoms with van der Waals surface area (Å²) < 4.78 is 21.4. The molecule has 9 nitrogen and oxygen atoms in total. The lowest BCUT2D eigenvalue weighted by Gasteiger charge is -2.15. The van der Waals surface area contributed by atoms with Gasteiger partial charge < -0.3 is 24.3 Å². The van der Waals surface area contributed by atoms with Gasteiger partial charge in [-0.2, -0.15) is 10.2 Å². The number of carbonyl (C=O) groups is 2. The van der Waals surface area contributed by atoms with Crippen LogP contribution in [0.15, 0.2) is 34.5 Å². The van der Waals surface area contributed by atoms with E-state index < -0.39 is 17.7 Å². The molecule has 11 heteroatoms. The van der Waals surface area contributed by atoms with E-state index in [1.807, 2.05) is 6.92 Å². The second kappa shape index (κ2) is 12.3. The van der Waals surface area contributed by atoms with Crippen LogP contribution in [0.4, 0.5) is 11.4 Å². The molecule has 33 heavy (non-hydrogen) atoms. The summed E-state index contributed by atoms with van der Waals surface area (Å²) in [6.07, 6.45) is 0. The van der Waals surface area contributed by atoms with Gasteiger partial charge in [0.05, 0.1) is 33.1 Å². The molecule has 1 N–H and O–H groups in total. The number of hydrogen-bond donors (Lipinski definition) is 1. The molecule has 0 aromatic heterocycles. The van der Waals surface area contributed by atoms with E-state index in [0.717, 1.165) is 0 Å². The molecule has 0 saturated carbocycles. The van der Waals surface area contributed by atoms with E-state index in [0.29, 0.717) is 24.7 Å². The Balaban J connectivity index is 2.36. The molecule has 2 aromatic rings. The number of halogens is 2. The van der Waals surface area contributed by atoms with Crippen LogP contribution >= 0.6 is 23.2 Å². The maximum absolute atomic E-state index is 12.8. The SMILES string of the molecule is CCOc1ccc(N=NC(C(C)=O)C(=O)Nc2cc(OC)cc(OC)c2Cl)c(OCC)c1Cl. The Morgan fingerprint density at radius 2 is 1.70 bits per heavy atom. The van der Waals surface area contributed by atoms with Gasteiger partial charge in [0.25, 0.3) is 5.91 Å². The first-order chi connectivity index (χ1) is 15.8. The minimum absolute atomic E-state index is 0.141. The molecule has 0 heterocycles. The molecule has 0 aliphatic heterocycles. The molecular formula is C22H25Cl2N3O6. The van der Waals surface area contributed by atoms with Gasteiger partial charge in [-0.3, -0.25) is 9.59 Å². The summed E-state index contributed by atoms with van der Waals surface area (Å²) in [5, 5.41) is 10.9. The summed E-state index contributed by atoms with van der Waals surface area (Å²) in [5.74, 6) is 0.0764. The predicted molar refractivity (Wildman–Crippen MR) is 126 cm³/mol. The number of ether oxygens (including phenoxy) is 4. The number of amides is 1. The molecule has 178 valence electrons. The summed E-state index contributed by atoms with van der Waals surface area (Å²) in [4.78, 5) is 25.0. The highest BCUT2D eigenvalue weighted by Crippen LogP contribution is 2.42. The van der Waals surface area contributed by atoms with Crippen LogP contribution in [0.3, 0.4) is 0 Å². The Hall–Kier alpha value is -3.04. The van der Waals surface area contributed by atoms with Gasteiger partial charge in [0.2, 0.25) is 6.04 Å². The molecule has 2 rings (SSSR count). The van der Waals surface area contributed by atoms with Crippen molar-refractivity contribution in [1.29, 1.82) is 0 Å². The molecule has 0 radical (unpaired) electrons. The van der Waals surface area contributed by atoms with Gasteiger partial charge in [0.1, 0.15) is 33.0 Å². The molecular weight excluding hydrogens is 473 g/mol. The standard InChI is InChI=1S/C22H25Cl2N3O6/c1-6-32-16-9-8-14(21(19(16)24)33-7-2)26-27-20(12(3)28)22(29)25-15-10-13(30-4)11-17(31-5)18(15)23/h8-11,20H,6-7H2,1-5H3,(H,25,29). The lowest BCUT2D eigenvalue weighted by Crippen LogP contribution is -2.32. The van der Waals surface area contributed by atoms with Crippen molar-refractivity contribution in [2.24, 2.45) is 10.2 Å². The van der Waals surface area contributed by atoms with E-state index >= 15 is 0 Å². The molecule has 0 aliphatic rings. The van der Waals surface area contributed by atoms with Gasteiger partial charge in [-0.05, 0) is 32.9 Å². The zero-order valence-corrected chi connectivity index (χ0v) is 20.4. The Morgan fingerprint density at radius 3 is 2.27 bits per heavy atom. The van der Waals surface area contributed by atoms with Crippen LogP contribution in [0.1, 0.15) is 20.8 Å². The van der Waals surface area contributed by atoms with Gasteiger partial charge in [0.15, 0.2) is 11.5 Å². The fourth-order valence-corrected chi connectivity index (χ4v) is 3.23. The first-order valence-electron chi connectivity index (χ1n) is 9.99. The van der Waals surface area contributed by atoms with Gasteiger partial charge in [-0.25, -0.2) is 0 Å². The number of nitrogens with one attached hydrogen (secondary N) is 1. The number of azo groups is 1. The maximum Gasteiger partial charge on any atom is 0.258 e. The first kappa shape index (κ1) is 26.2. The quantitative estimate of drug-likeness (QED) is 0.324. The molecule has 1 atom stereocenters. The number of Topliss-reactive ketones (excluding diaryl/α,β-unsaturated/α-hetero) is 1. The molecule has 0 fully saturated rings. The smallest absolute Gasteiger partial charge is 0.258 e. The maximum atomic E-state index is 12.8. The first-order valence-corrected chi connectivity index (χ1v) is 10.7. The van der Waals surface area contributed by atoms with Crippen LogP contribution < -0.4 is 24.3 Å². The van der Waals surface area contributed by atoms with Crippen molar-refractivity contribution in [3.05, 3.63) is 34.3 Å². The number of anilines is 1. The highest BCUT2D eigenvalue weighted by molar-refractivity contribution is 6.35. The van der Waals surface area contributed by atoms with E-state index in [4.69, 9.17) is 42.1 Å². The zero-order chi connectivity index (χ0) is 24.5. The fraction of sp³-hybridized carbons (Fsp3) is 0.364. The van der Waals surface area contributed by atoms with E-state index in [-0.39, 0.29) is 32.9 Å². The van der Waals surface area contributed by atoms with E-state index in [1.165, 1.54) is 27.2 Å². The third-order valence-corrected chi connectivity index (χ3v) is 5.02. The average Bonchev–Trinajstić information content (AvgIpc) is 2.79. The molecule has 0 bridgehead atoms. The van der Waals surface area contributed by atoms with Crippen molar-refractivity contribution in [3.63, 3.8) is 0 Å². The van der Waals surface area contributed by atoms with Gasteiger partial charge >= 0.3 is 0 Å². The van der Waals surface area contributed by atoms with Crippen LogP contribution in [-0.4, -0.2) is 45.2 Å². The van der Waals surface area contributed by atoms with E-state index in [9.17, 15) is 9.59 Å². The monoisotopic (exact) mass is 497 g/mol.